The minimum absolute atomic E-state index is 0.0159. The van der Waals surface area contributed by atoms with Crippen LogP contribution in [0.2, 0.25) is 10.0 Å². The van der Waals surface area contributed by atoms with E-state index in [1.54, 1.807) is 18.2 Å². The third kappa shape index (κ3) is 9.97. The van der Waals surface area contributed by atoms with Crippen LogP contribution in [0.3, 0.4) is 0 Å². The van der Waals surface area contributed by atoms with E-state index in [4.69, 9.17) is 37.4 Å². The second kappa shape index (κ2) is 15.2. The topological polar surface area (TPSA) is 72.1 Å². The van der Waals surface area contributed by atoms with Crippen molar-refractivity contribution in [2.45, 2.75) is 31.2 Å². The number of rotatable bonds is 12. The Bertz CT molecular complexity index is 1430. The smallest absolute Gasteiger partial charge is 0.416 e. The molecule has 0 aliphatic heterocycles. The number of methoxy groups -OCH3 is 3. The van der Waals surface area contributed by atoms with Crippen LogP contribution in [0.4, 0.5) is 36.8 Å². The minimum Gasteiger partial charge on any atom is -0.493 e. The van der Waals surface area contributed by atoms with Crippen LogP contribution in [0, 0.1) is 0 Å². The van der Waals surface area contributed by atoms with Crippen LogP contribution >= 0.6 is 23.2 Å². The van der Waals surface area contributed by atoms with Gasteiger partial charge in [-0.15, -0.1) is 0 Å². The molecule has 0 aliphatic carbocycles. The predicted molar refractivity (Wildman–Crippen MR) is 160 cm³/mol. The van der Waals surface area contributed by atoms with Gasteiger partial charge in [0, 0.05) is 24.7 Å². The molecule has 0 bridgehead atoms. The van der Waals surface area contributed by atoms with Gasteiger partial charge in [-0.2, -0.15) is 26.3 Å². The van der Waals surface area contributed by atoms with Crippen LogP contribution in [0.25, 0.3) is 0 Å². The summed E-state index contributed by atoms with van der Waals surface area (Å²) < 4.78 is 95.6. The zero-order valence-electron chi connectivity index (χ0n) is 24.6. The van der Waals surface area contributed by atoms with Crippen molar-refractivity contribution in [3.05, 3.63) is 80.8 Å². The molecule has 0 saturated carbocycles. The first kappa shape index (κ1) is 35.9. The van der Waals surface area contributed by atoms with Crippen molar-refractivity contribution in [3.8, 4) is 17.2 Å². The summed E-state index contributed by atoms with van der Waals surface area (Å²) in [6.07, 6.45) is -9.64. The SMILES string of the molecule is COc1cc(CN(C)CCC(CNC(=O)Nc2cc(C(F)(F)F)cc(C(F)(F)F)c2)c2ccc(Cl)c(Cl)c2)cc(OC)c1OC. The molecule has 7 nitrogen and oxygen atoms in total. The monoisotopic (exact) mass is 681 g/mol. The Balaban J connectivity index is 1.75. The van der Waals surface area contributed by atoms with Crippen molar-refractivity contribution in [1.29, 1.82) is 0 Å². The molecule has 0 saturated heterocycles. The number of halogens is 8. The Morgan fingerprint density at radius 1 is 0.844 bits per heavy atom. The number of urea groups is 1. The normalized spacial score (nSPS) is 12.6. The molecule has 15 heteroatoms. The van der Waals surface area contributed by atoms with E-state index in [0.717, 1.165) is 5.56 Å². The number of hydrogen-bond donors (Lipinski definition) is 2. The Labute approximate surface area is 266 Å². The molecule has 0 fully saturated rings. The molecule has 0 aliphatic rings. The largest absolute Gasteiger partial charge is 0.493 e. The lowest BCUT2D eigenvalue weighted by molar-refractivity contribution is -0.143. The number of carbonyl (C=O) groups excluding carboxylic acids is 1. The number of amides is 2. The van der Waals surface area contributed by atoms with Crippen molar-refractivity contribution < 1.29 is 45.3 Å². The van der Waals surface area contributed by atoms with E-state index in [0.29, 0.717) is 59.5 Å². The van der Waals surface area contributed by atoms with Crippen LogP contribution in [0.5, 0.6) is 17.2 Å². The summed E-state index contributed by atoms with van der Waals surface area (Å²) in [7, 11) is 6.40. The van der Waals surface area contributed by atoms with Gasteiger partial charge in [-0.05, 0) is 73.6 Å². The lowest BCUT2D eigenvalue weighted by atomic mass is 9.95. The lowest BCUT2D eigenvalue weighted by Gasteiger charge is -2.24. The standard InChI is InChI=1S/C30H31Cl2F6N3O4/c1-41(16-17-9-25(43-2)27(45-4)26(10-17)44-3)8-7-19(18-5-6-23(31)24(32)11-18)15-39-28(42)40-22-13-20(29(33,34)35)12-21(14-22)30(36,37)38/h5-6,9-14,19H,7-8,15-16H2,1-4H3,(H2,39,40,42). The van der Waals surface area contributed by atoms with Crippen LogP contribution in [-0.2, 0) is 18.9 Å². The van der Waals surface area contributed by atoms with Crippen molar-refractivity contribution >= 4 is 34.9 Å². The maximum Gasteiger partial charge on any atom is 0.416 e. The molecule has 3 rings (SSSR count). The van der Waals surface area contributed by atoms with Crippen LogP contribution in [0.1, 0.15) is 34.6 Å². The van der Waals surface area contributed by atoms with Crippen LogP contribution in [0.15, 0.2) is 48.5 Å². The number of hydrogen-bond acceptors (Lipinski definition) is 5. The summed E-state index contributed by atoms with van der Waals surface area (Å²) in [5.74, 6) is 1.08. The summed E-state index contributed by atoms with van der Waals surface area (Å²) in [5, 5.41) is 5.21. The molecule has 3 aromatic rings. The van der Waals surface area contributed by atoms with E-state index in [1.165, 1.54) is 21.3 Å². The van der Waals surface area contributed by atoms with Crippen LogP contribution in [-0.4, -0.2) is 52.4 Å². The quantitative estimate of drug-likeness (QED) is 0.188. The van der Waals surface area contributed by atoms with E-state index < -0.39 is 35.2 Å². The van der Waals surface area contributed by atoms with E-state index >= 15 is 0 Å². The molecule has 0 spiro atoms. The van der Waals surface area contributed by atoms with Gasteiger partial charge in [0.15, 0.2) is 11.5 Å². The summed E-state index contributed by atoms with van der Waals surface area (Å²) in [6, 6.07) is 8.45. The number of nitrogens with zero attached hydrogens (tertiary/aromatic N) is 1. The second-order valence-corrected chi connectivity index (χ2v) is 10.9. The molecule has 0 heterocycles. The summed E-state index contributed by atoms with van der Waals surface area (Å²) in [5.41, 5.74) is -2.17. The maximum atomic E-state index is 13.2. The molecule has 1 atom stereocenters. The fourth-order valence-corrected chi connectivity index (χ4v) is 4.87. The number of anilines is 1. The average Bonchev–Trinajstić information content (AvgIpc) is 2.97. The fourth-order valence-electron chi connectivity index (χ4n) is 4.56. The van der Waals surface area contributed by atoms with Gasteiger partial charge in [0.05, 0.1) is 42.5 Å². The molecule has 246 valence electrons. The molecule has 2 N–H and O–H groups in total. The first-order valence-corrected chi connectivity index (χ1v) is 14.1. The second-order valence-electron chi connectivity index (χ2n) is 10.1. The Morgan fingerprint density at radius 3 is 1.91 bits per heavy atom. The van der Waals surface area contributed by atoms with Gasteiger partial charge in [0.2, 0.25) is 5.75 Å². The number of alkyl halides is 6. The van der Waals surface area contributed by atoms with Gasteiger partial charge in [0.1, 0.15) is 0 Å². The molecule has 45 heavy (non-hydrogen) atoms. The minimum atomic E-state index is -5.05. The van der Waals surface area contributed by atoms with Crippen molar-refractivity contribution in [2.24, 2.45) is 0 Å². The highest BCUT2D eigenvalue weighted by atomic mass is 35.5. The summed E-state index contributed by atoms with van der Waals surface area (Å²) in [4.78, 5) is 14.7. The molecular formula is C30H31Cl2F6N3O4. The highest BCUT2D eigenvalue weighted by molar-refractivity contribution is 6.42. The molecule has 0 radical (unpaired) electrons. The lowest BCUT2D eigenvalue weighted by Crippen LogP contribution is -2.33. The molecule has 0 aromatic heterocycles. The Kier molecular flexibility index (Phi) is 12.1. The number of carbonyl (C=O) groups is 1. The van der Waals surface area contributed by atoms with E-state index in [-0.39, 0.29) is 23.6 Å². The van der Waals surface area contributed by atoms with Crippen molar-refractivity contribution in [2.75, 3.05) is 46.8 Å². The van der Waals surface area contributed by atoms with Crippen LogP contribution < -0.4 is 24.8 Å². The van der Waals surface area contributed by atoms with Crippen molar-refractivity contribution in [3.63, 3.8) is 0 Å². The van der Waals surface area contributed by atoms with Gasteiger partial charge in [-0.3, -0.25) is 0 Å². The van der Waals surface area contributed by atoms with E-state index in [1.807, 2.05) is 24.1 Å². The number of nitrogens with one attached hydrogen (secondary N) is 2. The maximum absolute atomic E-state index is 13.2. The highest BCUT2D eigenvalue weighted by Gasteiger charge is 2.37. The van der Waals surface area contributed by atoms with Gasteiger partial charge in [-0.25, -0.2) is 4.79 Å². The molecule has 2 amide bonds. The van der Waals surface area contributed by atoms with E-state index in [9.17, 15) is 31.1 Å². The summed E-state index contributed by atoms with van der Waals surface area (Å²) >= 11 is 12.3. The number of ether oxygens (including phenoxy) is 3. The van der Waals surface area contributed by atoms with E-state index in [2.05, 4.69) is 10.6 Å². The average molecular weight is 682 g/mol. The zero-order valence-corrected chi connectivity index (χ0v) is 26.1. The Hall–Kier alpha value is -3.55. The molecule has 1 unspecified atom stereocenters. The fraction of sp³-hybridized carbons (Fsp3) is 0.367. The van der Waals surface area contributed by atoms with Gasteiger partial charge < -0.3 is 29.7 Å². The predicted octanol–water partition coefficient (Wildman–Crippen LogP) is 8.48. The van der Waals surface area contributed by atoms with Gasteiger partial charge in [0.25, 0.3) is 0 Å². The Morgan fingerprint density at radius 2 is 1.42 bits per heavy atom. The first-order valence-electron chi connectivity index (χ1n) is 13.3. The summed E-state index contributed by atoms with van der Waals surface area (Å²) in [6.45, 7) is 0.968. The highest BCUT2D eigenvalue weighted by Crippen LogP contribution is 2.39. The van der Waals surface area contributed by atoms with Gasteiger partial charge >= 0.3 is 18.4 Å². The molecular weight excluding hydrogens is 651 g/mol. The van der Waals surface area contributed by atoms with Gasteiger partial charge in [-0.1, -0.05) is 29.3 Å². The first-order chi connectivity index (χ1) is 21.0. The van der Waals surface area contributed by atoms with Crippen molar-refractivity contribution in [1.82, 2.24) is 10.2 Å². The number of benzene rings is 3. The third-order valence-electron chi connectivity index (χ3n) is 6.81. The zero-order chi connectivity index (χ0) is 33.5. The molecule has 3 aromatic carbocycles. The third-order valence-corrected chi connectivity index (χ3v) is 7.54.